The van der Waals surface area contributed by atoms with Gasteiger partial charge in [0.15, 0.2) is 6.29 Å². The van der Waals surface area contributed by atoms with Gasteiger partial charge in [0.1, 0.15) is 5.76 Å². The molecule has 0 aliphatic carbocycles. The number of nitrogens with two attached hydrogens (primary N) is 1. The first-order valence-corrected chi connectivity index (χ1v) is 11.7. The second-order valence-electron chi connectivity index (χ2n) is 8.65. The molecule has 0 atom stereocenters. The van der Waals surface area contributed by atoms with Crippen molar-refractivity contribution in [3.8, 4) is 28.5 Å². The number of carbonyl (C=O) groups is 1. The van der Waals surface area contributed by atoms with Crippen LogP contribution < -0.4 is 10.5 Å². The van der Waals surface area contributed by atoms with E-state index in [9.17, 15) is 4.79 Å². The Bertz CT molecular complexity index is 1190. The van der Waals surface area contributed by atoms with Gasteiger partial charge in [-0.1, -0.05) is 0 Å². The molecule has 3 aromatic rings. The lowest BCUT2D eigenvalue weighted by Gasteiger charge is -2.36. The number of rotatable bonds is 8. The fourth-order valence-corrected chi connectivity index (χ4v) is 4.23. The molecule has 36 heavy (non-hydrogen) atoms. The molecule has 0 saturated carbocycles. The molecule has 1 aliphatic heterocycles. The summed E-state index contributed by atoms with van der Waals surface area (Å²) in [6.07, 6.45) is 5.26. The zero-order valence-electron chi connectivity index (χ0n) is 21.2. The highest BCUT2D eigenvalue weighted by Crippen LogP contribution is 2.33. The SMILES string of the molecule is CO.COc1ncc(-c2cc(N)c(C=N)c(-c3ncc(CN4CCN(C(C)C)CC4)o3)c2)cc1C=O. The van der Waals surface area contributed by atoms with Crippen LogP contribution in [0.3, 0.4) is 0 Å². The second-order valence-corrected chi connectivity index (χ2v) is 8.65. The van der Waals surface area contributed by atoms with E-state index in [1.54, 1.807) is 24.5 Å². The first-order chi connectivity index (χ1) is 17.4. The van der Waals surface area contributed by atoms with Crippen LogP contribution in [-0.2, 0) is 6.54 Å². The Morgan fingerprint density at radius 3 is 2.47 bits per heavy atom. The predicted octanol–water partition coefficient (Wildman–Crippen LogP) is 2.94. The lowest BCUT2D eigenvalue weighted by atomic mass is 9.98. The van der Waals surface area contributed by atoms with Crippen molar-refractivity contribution in [1.29, 1.82) is 5.41 Å². The summed E-state index contributed by atoms with van der Waals surface area (Å²) in [7, 11) is 2.47. The molecule has 1 saturated heterocycles. The summed E-state index contributed by atoms with van der Waals surface area (Å²) in [5.41, 5.74) is 9.61. The van der Waals surface area contributed by atoms with Crippen molar-refractivity contribution in [1.82, 2.24) is 19.8 Å². The Morgan fingerprint density at radius 1 is 1.14 bits per heavy atom. The van der Waals surface area contributed by atoms with Crippen LogP contribution >= 0.6 is 0 Å². The second kappa shape index (κ2) is 12.4. The number of hydrogen-bond acceptors (Lipinski definition) is 10. The number of benzene rings is 1. The molecule has 10 nitrogen and oxygen atoms in total. The van der Waals surface area contributed by atoms with Crippen LogP contribution in [0.1, 0.15) is 35.5 Å². The van der Waals surface area contributed by atoms with Gasteiger partial charge in [-0.25, -0.2) is 9.97 Å². The van der Waals surface area contributed by atoms with E-state index in [-0.39, 0.29) is 5.88 Å². The van der Waals surface area contributed by atoms with Crippen molar-refractivity contribution in [2.24, 2.45) is 0 Å². The molecule has 10 heteroatoms. The summed E-state index contributed by atoms with van der Waals surface area (Å²) < 4.78 is 11.2. The van der Waals surface area contributed by atoms with Crippen molar-refractivity contribution < 1.29 is 19.1 Å². The summed E-state index contributed by atoms with van der Waals surface area (Å²) in [4.78, 5) is 25.0. The predicted molar refractivity (Wildman–Crippen MR) is 140 cm³/mol. The minimum absolute atomic E-state index is 0.259. The normalized spacial score (nSPS) is 14.3. The number of aromatic nitrogens is 2. The number of carbonyl (C=O) groups excluding carboxylic acids is 1. The Kier molecular flexibility index (Phi) is 9.29. The lowest BCUT2D eigenvalue weighted by Crippen LogP contribution is -2.48. The number of nitrogens with one attached hydrogen (secondary N) is 1. The fourth-order valence-electron chi connectivity index (χ4n) is 4.23. The van der Waals surface area contributed by atoms with Crippen LogP contribution in [0.15, 0.2) is 35.0 Å². The van der Waals surface area contributed by atoms with Crippen LogP contribution in [0.5, 0.6) is 5.88 Å². The number of hydrogen-bond donors (Lipinski definition) is 3. The zero-order valence-corrected chi connectivity index (χ0v) is 21.2. The van der Waals surface area contributed by atoms with Gasteiger partial charge in [-0.2, -0.15) is 0 Å². The van der Waals surface area contributed by atoms with Crippen molar-refractivity contribution in [3.63, 3.8) is 0 Å². The zero-order chi connectivity index (χ0) is 26.2. The molecule has 2 aromatic heterocycles. The maximum Gasteiger partial charge on any atom is 0.227 e. The van der Waals surface area contributed by atoms with Gasteiger partial charge in [0.05, 0.1) is 25.4 Å². The summed E-state index contributed by atoms with van der Waals surface area (Å²) in [5.74, 6) is 1.43. The third-order valence-corrected chi connectivity index (χ3v) is 6.19. The van der Waals surface area contributed by atoms with Crippen molar-refractivity contribution in [2.45, 2.75) is 26.4 Å². The largest absolute Gasteiger partial charge is 0.480 e. The van der Waals surface area contributed by atoms with Crippen molar-refractivity contribution in [3.05, 3.63) is 47.5 Å². The topological polar surface area (TPSA) is 142 Å². The number of piperazine rings is 1. The number of ether oxygens (including phenoxy) is 1. The number of aliphatic hydroxyl groups is 1. The van der Waals surface area contributed by atoms with Gasteiger partial charge in [0.25, 0.3) is 0 Å². The maximum absolute atomic E-state index is 11.4. The molecule has 1 aliphatic rings. The highest BCUT2D eigenvalue weighted by Gasteiger charge is 2.21. The average molecular weight is 495 g/mol. The number of methoxy groups -OCH3 is 1. The number of anilines is 1. The van der Waals surface area contributed by atoms with E-state index in [0.717, 1.165) is 44.6 Å². The minimum atomic E-state index is 0.259. The number of aldehydes is 1. The maximum atomic E-state index is 11.4. The van der Waals surface area contributed by atoms with E-state index in [2.05, 4.69) is 33.6 Å². The summed E-state index contributed by atoms with van der Waals surface area (Å²) in [6.45, 7) is 9.15. The third-order valence-electron chi connectivity index (χ3n) is 6.19. The van der Waals surface area contributed by atoms with Crippen LogP contribution in [0.2, 0.25) is 0 Å². The molecule has 1 aromatic carbocycles. The van der Waals surface area contributed by atoms with Crippen molar-refractivity contribution >= 4 is 18.2 Å². The summed E-state index contributed by atoms with van der Waals surface area (Å²) >= 11 is 0. The lowest BCUT2D eigenvalue weighted by molar-refractivity contribution is 0.0992. The molecule has 0 unspecified atom stereocenters. The average Bonchev–Trinajstić information content (AvgIpc) is 3.37. The van der Waals surface area contributed by atoms with Crippen LogP contribution in [0.25, 0.3) is 22.6 Å². The smallest absolute Gasteiger partial charge is 0.227 e. The summed E-state index contributed by atoms with van der Waals surface area (Å²) in [6, 6.07) is 5.85. The number of pyridine rings is 1. The molecule has 192 valence electrons. The highest BCUT2D eigenvalue weighted by molar-refractivity contribution is 5.96. The number of aliphatic hydroxyl groups excluding tert-OH is 1. The van der Waals surface area contributed by atoms with Crippen molar-refractivity contribution in [2.75, 3.05) is 46.1 Å². The highest BCUT2D eigenvalue weighted by atomic mass is 16.5. The summed E-state index contributed by atoms with van der Waals surface area (Å²) in [5, 5.41) is 14.9. The van der Waals surface area contributed by atoms with Gasteiger partial charge in [-0.15, -0.1) is 0 Å². The fraction of sp³-hybridized carbons (Fsp3) is 0.385. The molecule has 4 N–H and O–H groups in total. The Hall–Kier alpha value is -3.60. The van der Waals surface area contributed by atoms with Gasteiger partial charge < -0.3 is 25.4 Å². The molecular weight excluding hydrogens is 460 g/mol. The molecule has 0 amide bonds. The first-order valence-electron chi connectivity index (χ1n) is 11.7. The van der Waals surface area contributed by atoms with Gasteiger partial charge in [-0.05, 0) is 37.6 Å². The third kappa shape index (κ3) is 5.96. The van der Waals surface area contributed by atoms with Crippen LogP contribution in [0, 0.1) is 5.41 Å². The van der Waals surface area contributed by atoms with Gasteiger partial charge >= 0.3 is 0 Å². The Balaban J connectivity index is 0.00000176. The van der Waals surface area contributed by atoms with E-state index < -0.39 is 0 Å². The molecule has 1 fully saturated rings. The van der Waals surface area contributed by atoms with E-state index in [1.165, 1.54) is 13.3 Å². The Morgan fingerprint density at radius 2 is 1.86 bits per heavy atom. The van der Waals surface area contributed by atoms with E-state index in [1.807, 2.05) is 6.07 Å². The molecule has 0 spiro atoms. The van der Waals surface area contributed by atoms with Gasteiger partial charge in [-0.3, -0.25) is 14.6 Å². The quantitative estimate of drug-likeness (QED) is 0.245. The molecule has 3 heterocycles. The molecular formula is C26H34N6O4. The number of nitrogens with zero attached hydrogens (tertiary/aromatic N) is 4. The number of oxazole rings is 1. The van der Waals surface area contributed by atoms with Gasteiger partial charge in [0, 0.05) is 74.1 Å². The van der Waals surface area contributed by atoms with E-state index >= 15 is 0 Å². The van der Waals surface area contributed by atoms with Crippen LogP contribution in [0.4, 0.5) is 5.69 Å². The van der Waals surface area contributed by atoms with Gasteiger partial charge in [0.2, 0.25) is 11.8 Å². The molecule has 0 radical (unpaired) electrons. The molecule has 4 rings (SSSR count). The first kappa shape index (κ1) is 27.0. The number of nitrogen functional groups attached to an aromatic ring is 1. The van der Waals surface area contributed by atoms with E-state index in [0.29, 0.717) is 52.7 Å². The van der Waals surface area contributed by atoms with Crippen LogP contribution in [-0.4, -0.2) is 83.8 Å². The monoisotopic (exact) mass is 494 g/mol. The Labute approximate surface area is 211 Å². The van der Waals surface area contributed by atoms with E-state index in [4.69, 9.17) is 25.4 Å². The molecule has 0 bridgehead atoms. The minimum Gasteiger partial charge on any atom is -0.480 e. The standard InChI is InChI=1S/C25H30N6O3.CH4O/c1-16(2)31-6-4-30(5-7-31)14-20-13-29-25(34-20)21-9-17(10-23(27)22(21)11-26)18-8-19(15-32)24(33-3)28-12-18;1-2/h8-13,15-16,26H,4-7,14,27H2,1-3H3;2H,1H3.